The third-order valence-corrected chi connectivity index (χ3v) is 5.36. The van der Waals surface area contributed by atoms with Gasteiger partial charge in [-0.3, -0.25) is 4.79 Å². The van der Waals surface area contributed by atoms with Gasteiger partial charge in [0.1, 0.15) is 0 Å². The first-order valence-corrected chi connectivity index (χ1v) is 9.69. The van der Waals surface area contributed by atoms with Crippen molar-refractivity contribution in [1.29, 1.82) is 0 Å². The van der Waals surface area contributed by atoms with E-state index in [0.717, 1.165) is 27.5 Å². The van der Waals surface area contributed by atoms with Crippen molar-refractivity contribution in [3.05, 3.63) is 101 Å². The molecule has 4 rings (SSSR count). The third kappa shape index (κ3) is 3.55. The predicted octanol–water partition coefficient (Wildman–Crippen LogP) is 6.07. The molecule has 4 aromatic rings. The van der Waals surface area contributed by atoms with Crippen LogP contribution in [-0.2, 0) is 0 Å². The fraction of sp³-hybridized carbons (Fsp3) is 0.0769. The van der Waals surface area contributed by atoms with Gasteiger partial charge in [-0.15, -0.1) is 0 Å². The average Bonchev–Trinajstić information content (AvgIpc) is 2.76. The van der Waals surface area contributed by atoms with Gasteiger partial charge >= 0.3 is 5.97 Å². The molecule has 0 bridgehead atoms. The van der Waals surface area contributed by atoms with Gasteiger partial charge in [-0.1, -0.05) is 60.7 Å². The number of amides is 1. The Bertz CT molecular complexity index is 1280. The number of carboxylic acid groups (broad SMARTS) is 1. The molecule has 0 heterocycles. The Balaban J connectivity index is 1.83. The first-order chi connectivity index (χ1) is 14.5. The van der Waals surface area contributed by atoms with Gasteiger partial charge < -0.3 is 10.4 Å². The Labute approximate surface area is 174 Å². The largest absolute Gasteiger partial charge is 0.478 e. The smallest absolute Gasteiger partial charge is 0.336 e. The molecule has 0 aromatic heterocycles. The lowest BCUT2D eigenvalue weighted by molar-refractivity contribution is 0.0695. The number of fused-ring (bicyclic) bond motifs is 1. The number of carboxylic acids is 1. The molecule has 0 aliphatic carbocycles. The van der Waals surface area contributed by atoms with Gasteiger partial charge in [0, 0.05) is 11.3 Å². The number of rotatable bonds is 4. The highest BCUT2D eigenvalue weighted by Crippen LogP contribution is 2.30. The van der Waals surface area contributed by atoms with Crippen LogP contribution in [0.25, 0.3) is 21.9 Å². The van der Waals surface area contributed by atoms with Crippen LogP contribution < -0.4 is 5.32 Å². The van der Waals surface area contributed by atoms with Gasteiger partial charge in [-0.25, -0.2) is 4.79 Å². The fourth-order valence-electron chi connectivity index (χ4n) is 3.75. The van der Waals surface area contributed by atoms with Crippen LogP contribution in [0.1, 0.15) is 31.8 Å². The number of carbonyl (C=O) groups excluding carboxylic acids is 1. The van der Waals surface area contributed by atoms with Crippen LogP contribution in [0.5, 0.6) is 0 Å². The van der Waals surface area contributed by atoms with E-state index in [1.54, 1.807) is 19.1 Å². The highest BCUT2D eigenvalue weighted by atomic mass is 16.4. The summed E-state index contributed by atoms with van der Waals surface area (Å²) in [6, 6.07) is 24.9. The number of anilines is 1. The lowest BCUT2D eigenvalue weighted by Gasteiger charge is -2.15. The highest BCUT2D eigenvalue weighted by Gasteiger charge is 2.18. The Morgan fingerprint density at radius 3 is 2.20 bits per heavy atom. The number of aromatic carboxylic acids is 1. The maximum Gasteiger partial charge on any atom is 0.336 e. The van der Waals surface area contributed by atoms with Crippen molar-refractivity contribution < 1.29 is 14.7 Å². The van der Waals surface area contributed by atoms with Gasteiger partial charge in [0.2, 0.25) is 0 Å². The number of hydrogen-bond acceptors (Lipinski definition) is 2. The summed E-state index contributed by atoms with van der Waals surface area (Å²) in [6.45, 7) is 3.57. The summed E-state index contributed by atoms with van der Waals surface area (Å²) in [5.41, 5.74) is 4.60. The molecule has 0 radical (unpaired) electrons. The molecule has 0 saturated heterocycles. The van der Waals surface area contributed by atoms with Crippen molar-refractivity contribution in [2.24, 2.45) is 0 Å². The van der Waals surface area contributed by atoms with E-state index in [-0.39, 0.29) is 11.5 Å². The molecule has 1 amide bonds. The van der Waals surface area contributed by atoms with Gasteiger partial charge in [-0.05, 0) is 65.1 Å². The van der Waals surface area contributed by atoms with Crippen LogP contribution >= 0.6 is 0 Å². The molecule has 0 aliphatic heterocycles. The van der Waals surface area contributed by atoms with Crippen LogP contribution in [0.15, 0.2) is 78.9 Å². The quantitative estimate of drug-likeness (QED) is 0.440. The molecule has 4 aromatic carbocycles. The molecule has 0 saturated carbocycles. The van der Waals surface area contributed by atoms with Crippen molar-refractivity contribution in [2.75, 3.05) is 5.32 Å². The van der Waals surface area contributed by atoms with Gasteiger partial charge in [-0.2, -0.15) is 0 Å². The zero-order chi connectivity index (χ0) is 21.3. The molecular formula is C26H21NO3. The normalized spacial score (nSPS) is 10.7. The van der Waals surface area contributed by atoms with Crippen LogP contribution in [0.3, 0.4) is 0 Å². The van der Waals surface area contributed by atoms with Crippen LogP contribution in [0, 0.1) is 13.8 Å². The predicted molar refractivity (Wildman–Crippen MR) is 120 cm³/mol. The fourth-order valence-corrected chi connectivity index (χ4v) is 3.75. The van der Waals surface area contributed by atoms with E-state index in [1.165, 1.54) is 0 Å². The second-order valence-corrected chi connectivity index (χ2v) is 7.30. The van der Waals surface area contributed by atoms with E-state index in [1.807, 2.05) is 67.6 Å². The van der Waals surface area contributed by atoms with Crippen LogP contribution in [0.4, 0.5) is 5.69 Å². The van der Waals surface area contributed by atoms with E-state index in [4.69, 9.17) is 0 Å². The first kappa shape index (κ1) is 19.4. The number of nitrogens with one attached hydrogen (secondary N) is 1. The summed E-state index contributed by atoms with van der Waals surface area (Å²) in [5, 5.41) is 14.2. The summed E-state index contributed by atoms with van der Waals surface area (Å²) in [4.78, 5) is 24.8. The van der Waals surface area contributed by atoms with E-state index >= 15 is 0 Å². The Morgan fingerprint density at radius 2 is 1.47 bits per heavy atom. The standard InChI is InChI=1S/C26H21NO3/c1-16-12-13-21(26(29)30)17(2)24(16)27-25(28)23-15-20(18-8-4-3-5-9-18)14-19-10-6-7-11-22(19)23/h3-15H,1-2H3,(H,27,28)(H,29,30). The minimum absolute atomic E-state index is 0.179. The molecule has 30 heavy (non-hydrogen) atoms. The van der Waals surface area contributed by atoms with Gasteiger partial charge in [0.15, 0.2) is 0 Å². The Kier molecular flexibility index (Phi) is 5.07. The lowest BCUT2D eigenvalue weighted by atomic mass is 9.96. The van der Waals surface area contributed by atoms with E-state index < -0.39 is 5.97 Å². The molecule has 0 spiro atoms. The lowest BCUT2D eigenvalue weighted by Crippen LogP contribution is -2.16. The second kappa shape index (κ2) is 7.84. The highest BCUT2D eigenvalue weighted by molar-refractivity contribution is 6.14. The number of benzene rings is 4. The maximum atomic E-state index is 13.3. The zero-order valence-corrected chi connectivity index (χ0v) is 16.8. The number of aryl methyl sites for hydroxylation is 1. The van der Waals surface area contributed by atoms with Crippen molar-refractivity contribution in [3.8, 4) is 11.1 Å². The molecule has 2 N–H and O–H groups in total. The maximum absolute atomic E-state index is 13.3. The van der Waals surface area contributed by atoms with Gasteiger partial charge in [0.25, 0.3) is 5.91 Å². The van der Waals surface area contributed by atoms with Crippen LogP contribution in [-0.4, -0.2) is 17.0 Å². The molecule has 0 atom stereocenters. The number of hydrogen-bond donors (Lipinski definition) is 2. The topological polar surface area (TPSA) is 66.4 Å². The third-order valence-electron chi connectivity index (χ3n) is 5.36. The zero-order valence-electron chi connectivity index (χ0n) is 16.8. The Hall–Kier alpha value is -3.92. The molecular weight excluding hydrogens is 374 g/mol. The Morgan fingerprint density at radius 1 is 0.767 bits per heavy atom. The molecule has 148 valence electrons. The minimum atomic E-state index is -1.01. The first-order valence-electron chi connectivity index (χ1n) is 9.69. The summed E-state index contributed by atoms with van der Waals surface area (Å²) in [6.07, 6.45) is 0. The minimum Gasteiger partial charge on any atom is -0.478 e. The average molecular weight is 395 g/mol. The van der Waals surface area contributed by atoms with Gasteiger partial charge in [0.05, 0.1) is 5.56 Å². The second-order valence-electron chi connectivity index (χ2n) is 7.30. The summed E-state index contributed by atoms with van der Waals surface area (Å²) in [7, 11) is 0. The summed E-state index contributed by atoms with van der Waals surface area (Å²) < 4.78 is 0. The SMILES string of the molecule is Cc1ccc(C(=O)O)c(C)c1NC(=O)c1cc(-c2ccccc2)cc2ccccc12. The molecule has 0 aliphatic rings. The van der Waals surface area contributed by atoms with E-state index in [0.29, 0.717) is 16.8 Å². The summed E-state index contributed by atoms with van der Waals surface area (Å²) >= 11 is 0. The van der Waals surface area contributed by atoms with Crippen molar-refractivity contribution in [1.82, 2.24) is 0 Å². The van der Waals surface area contributed by atoms with Crippen molar-refractivity contribution >= 4 is 28.3 Å². The van der Waals surface area contributed by atoms with Crippen LogP contribution in [0.2, 0.25) is 0 Å². The molecule has 4 nitrogen and oxygen atoms in total. The molecule has 0 fully saturated rings. The van der Waals surface area contributed by atoms with Crippen molar-refractivity contribution in [2.45, 2.75) is 13.8 Å². The monoisotopic (exact) mass is 395 g/mol. The van der Waals surface area contributed by atoms with E-state index in [9.17, 15) is 14.7 Å². The van der Waals surface area contributed by atoms with E-state index in [2.05, 4.69) is 11.4 Å². The van der Waals surface area contributed by atoms with Crippen molar-refractivity contribution in [3.63, 3.8) is 0 Å². The molecule has 0 unspecified atom stereocenters. The number of carbonyl (C=O) groups is 2. The molecule has 4 heteroatoms. The summed E-state index contributed by atoms with van der Waals surface area (Å²) in [5.74, 6) is -1.28.